The van der Waals surface area contributed by atoms with Crippen molar-refractivity contribution in [3.8, 4) is 5.75 Å². The number of rotatable bonds is 2. The zero-order valence-corrected chi connectivity index (χ0v) is 13.0. The molecule has 1 aromatic rings. The third-order valence-corrected chi connectivity index (χ3v) is 4.05. The summed E-state index contributed by atoms with van der Waals surface area (Å²) in [5.41, 5.74) is 0. The minimum absolute atomic E-state index is 0.0739. The first kappa shape index (κ1) is 14.9. The maximum absolute atomic E-state index is 12.1. The molecule has 0 aliphatic carbocycles. The van der Waals surface area contributed by atoms with Crippen LogP contribution >= 0.6 is 47.0 Å². The van der Waals surface area contributed by atoms with Crippen LogP contribution in [-0.4, -0.2) is 17.5 Å². The van der Waals surface area contributed by atoms with Crippen LogP contribution < -0.4 is 10.1 Å². The molecule has 0 bridgehead atoms. The molecule has 1 saturated heterocycles. The van der Waals surface area contributed by atoms with Gasteiger partial charge < -0.3 is 10.1 Å². The molecule has 1 aromatic carbocycles. The molecule has 1 fully saturated rings. The lowest BCUT2D eigenvalue weighted by Crippen LogP contribution is -2.29. The van der Waals surface area contributed by atoms with Crippen LogP contribution in [-0.2, 0) is 4.79 Å². The summed E-state index contributed by atoms with van der Waals surface area (Å²) in [6, 6.07) is 2.93. The summed E-state index contributed by atoms with van der Waals surface area (Å²) in [7, 11) is 0. The lowest BCUT2D eigenvalue weighted by Gasteiger charge is -2.14. The summed E-state index contributed by atoms with van der Waals surface area (Å²) in [5.74, 6) is -0.754. The Morgan fingerprint density at radius 3 is 2.42 bits per heavy atom. The molecule has 19 heavy (non-hydrogen) atoms. The summed E-state index contributed by atoms with van der Waals surface area (Å²) in [5, 5.41) is 3.72. The second kappa shape index (κ2) is 5.83. The molecule has 0 aromatic heterocycles. The topological polar surface area (TPSA) is 38.3 Å². The molecule has 3 nitrogen and oxygen atoms in total. The fourth-order valence-corrected chi connectivity index (χ4v) is 3.18. The Balaban J connectivity index is 2.22. The van der Waals surface area contributed by atoms with E-state index in [0.717, 1.165) is 0 Å². The van der Waals surface area contributed by atoms with E-state index in [2.05, 4.69) is 5.32 Å². The van der Waals surface area contributed by atoms with Gasteiger partial charge in [-0.3, -0.25) is 4.79 Å². The van der Waals surface area contributed by atoms with E-state index in [0.29, 0.717) is 16.6 Å². The standard InChI is InChI=1S/C12H10Cl3NO2S/c1-5-4-16-11(19)9(5)12(17)18-10-7(14)2-6(13)3-8(10)15/h2-3,5,9H,4H2,1H3,(H,16,19). The van der Waals surface area contributed by atoms with Gasteiger partial charge in [-0.05, 0) is 18.1 Å². The molecular weight excluding hydrogens is 329 g/mol. The van der Waals surface area contributed by atoms with Gasteiger partial charge in [-0.2, -0.15) is 0 Å². The van der Waals surface area contributed by atoms with Crippen molar-refractivity contribution in [2.75, 3.05) is 6.54 Å². The highest BCUT2D eigenvalue weighted by molar-refractivity contribution is 7.80. The molecule has 1 aliphatic heterocycles. The summed E-state index contributed by atoms with van der Waals surface area (Å²) < 4.78 is 5.27. The molecule has 0 radical (unpaired) electrons. The zero-order chi connectivity index (χ0) is 14.2. The first-order chi connectivity index (χ1) is 8.90. The molecule has 2 rings (SSSR count). The average Bonchev–Trinajstić information content (AvgIpc) is 2.63. The van der Waals surface area contributed by atoms with Gasteiger partial charge in [0.15, 0.2) is 5.75 Å². The van der Waals surface area contributed by atoms with Gasteiger partial charge in [-0.15, -0.1) is 0 Å². The van der Waals surface area contributed by atoms with Gasteiger partial charge in [0.1, 0.15) is 5.92 Å². The third kappa shape index (κ3) is 3.14. The van der Waals surface area contributed by atoms with Crippen LogP contribution in [0.25, 0.3) is 0 Å². The Kier molecular flexibility index (Phi) is 4.56. The number of hydrogen-bond donors (Lipinski definition) is 1. The molecular formula is C12H10Cl3NO2S. The van der Waals surface area contributed by atoms with Crippen LogP contribution in [0.3, 0.4) is 0 Å². The third-order valence-electron chi connectivity index (χ3n) is 2.87. The van der Waals surface area contributed by atoms with Crippen molar-refractivity contribution in [1.29, 1.82) is 0 Å². The smallest absolute Gasteiger partial charge is 0.321 e. The van der Waals surface area contributed by atoms with Crippen molar-refractivity contribution >= 4 is 58.0 Å². The summed E-state index contributed by atoms with van der Waals surface area (Å²) in [6.45, 7) is 2.57. The van der Waals surface area contributed by atoms with E-state index < -0.39 is 11.9 Å². The van der Waals surface area contributed by atoms with Crippen molar-refractivity contribution in [2.45, 2.75) is 6.92 Å². The minimum atomic E-state index is -0.474. The maximum Gasteiger partial charge on any atom is 0.321 e. The van der Waals surface area contributed by atoms with Gasteiger partial charge >= 0.3 is 5.97 Å². The molecule has 102 valence electrons. The van der Waals surface area contributed by atoms with Gasteiger partial charge in [-0.1, -0.05) is 53.9 Å². The Hall–Kier alpha value is -0.550. The van der Waals surface area contributed by atoms with Crippen molar-refractivity contribution in [2.24, 2.45) is 11.8 Å². The van der Waals surface area contributed by atoms with Crippen molar-refractivity contribution in [3.05, 3.63) is 27.2 Å². The molecule has 7 heteroatoms. The highest BCUT2D eigenvalue weighted by Crippen LogP contribution is 2.36. The van der Waals surface area contributed by atoms with E-state index in [9.17, 15) is 4.79 Å². The zero-order valence-electron chi connectivity index (χ0n) is 9.88. The van der Waals surface area contributed by atoms with Crippen LogP contribution in [0.2, 0.25) is 15.1 Å². The van der Waals surface area contributed by atoms with Crippen LogP contribution in [0.15, 0.2) is 12.1 Å². The first-order valence-electron chi connectivity index (χ1n) is 5.54. The summed E-state index contributed by atoms with van der Waals surface area (Å²) in [4.78, 5) is 12.6. The van der Waals surface area contributed by atoms with Gasteiger partial charge in [0.2, 0.25) is 0 Å². The Morgan fingerprint density at radius 1 is 1.37 bits per heavy atom. The largest absolute Gasteiger partial charge is 0.423 e. The lowest BCUT2D eigenvalue weighted by atomic mass is 9.98. The van der Waals surface area contributed by atoms with E-state index in [-0.39, 0.29) is 21.7 Å². The molecule has 0 saturated carbocycles. The van der Waals surface area contributed by atoms with E-state index in [1.165, 1.54) is 12.1 Å². The van der Waals surface area contributed by atoms with Crippen LogP contribution in [0.1, 0.15) is 6.92 Å². The number of carbonyl (C=O) groups excluding carboxylic acids is 1. The van der Waals surface area contributed by atoms with Crippen LogP contribution in [0.4, 0.5) is 0 Å². The number of ether oxygens (including phenoxy) is 1. The first-order valence-corrected chi connectivity index (χ1v) is 7.08. The van der Waals surface area contributed by atoms with Gasteiger partial charge in [-0.25, -0.2) is 0 Å². The number of nitrogens with one attached hydrogen (secondary N) is 1. The number of thiocarbonyl (C=S) groups is 1. The van der Waals surface area contributed by atoms with Crippen molar-refractivity contribution < 1.29 is 9.53 Å². The minimum Gasteiger partial charge on any atom is -0.423 e. The molecule has 1 heterocycles. The molecule has 0 spiro atoms. The van der Waals surface area contributed by atoms with Crippen molar-refractivity contribution in [1.82, 2.24) is 5.32 Å². The number of halogens is 3. The van der Waals surface area contributed by atoms with E-state index >= 15 is 0 Å². The highest BCUT2D eigenvalue weighted by Gasteiger charge is 2.36. The van der Waals surface area contributed by atoms with Crippen LogP contribution in [0.5, 0.6) is 5.75 Å². The fourth-order valence-electron chi connectivity index (χ4n) is 1.88. The average molecular weight is 339 g/mol. The van der Waals surface area contributed by atoms with Gasteiger partial charge in [0.25, 0.3) is 0 Å². The maximum atomic E-state index is 12.1. The Labute approximate surface area is 131 Å². The van der Waals surface area contributed by atoms with Crippen LogP contribution in [0, 0.1) is 11.8 Å². The Morgan fingerprint density at radius 2 is 1.95 bits per heavy atom. The quantitative estimate of drug-likeness (QED) is 0.506. The summed E-state index contributed by atoms with van der Waals surface area (Å²) >= 11 is 22.8. The van der Waals surface area contributed by atoms with Gasteiger partial charge in [0.05, 0.1) is 15.0 Å². The number of esters is 1. The van der Waals surface area contributed by atoms with E-state index in [1.54, 1.807) is 0 Å². The summed E-state index contributed by atoms with van der Waals surface area (Å²) in [6.07, 6.45) is 0. The van der Waals surface area contributed by atoms with E-state index in [1.807, 2.05) is 6.92 Å². The molecule has 1 N–H and O–H groups in total. The second-order valence-electron chi connectivity index (χ2n) is 4.32. The molecule has 2 atom stereocenters. The predicted octanol–water partition coefficient (Wildman–Crippen LogP) is 3.74. The fraction of sp³-hybridized carbons (Fsp3) is 0.333. The van der Waals surface area contributed by atoms with Crippen molar-refractivity contribution in [3.63, 3.8) is 0 Å². The highest BCUT2D eigenvalue weighted by atomic mass is 35.5. The monoisotopic (exact) mass is 337 g/mol. The Bertz CT molecular complexity index is 527. The molecule has 2 unspecified atom stereocenters. The number of carbonyl (C=O) groups is 1. The lowest BCUT2D eigenvalue weighted by molar-refractivity contribution is -0.137. The molecule has 1 aliphatic rings. The SMILES string of the molecule is CC1CNC(=S)C1C(=O)Oc1c(Cl)cc(Cl)cc1Cl. The normalized spacial score (nSPS) is 22.2. The predicted molar refractivity (Wildman–Crippen MR) is 80.4 cm³/mol. The second-order valence-corrected chi connectivity index (χ2v) is 6.01. The van der Waals surface area contributed by atoms with E-state index in [4.69, 9.17) is 51.8 Å². The molecule has 0 amide bonds. The van der Waals surface area contributed by atoms with Gasteiger partial charge in [0, 0.05) is 11.6 Å². The number of benzene rings is 1. The number of hydrogen-bond acceptors (Lipinski definition) is 3.